The van der Waals surface area contributed by atoms with Gasteiger partial charge in [-0.1, -0.05) is 31.2 Å². The first-order chi connectivity index (χ1) is 6.77. The zero-order valence-electron chi connectivity index (χ0n) is 9.16. The molecular formula is C12H20N2. The molecular weight excluding hydrogens is 172 g/mol. The maximum Gasteiger partial charge on any atom is 0.0180 e. The molecule has 0 spiro atoms. The van der Waals surface area contributed by atoms with Gasteiger partial charge in [-0.3, -0.25) is 0 Å². The van der Waals surface area contributed by atoms with E-state index in [2.05, 4.69) is 43.1 Å². The fourth-order valence-corrected chi connectivity index (χ4v) is 1.47. The van der Waals surface area contributed by atoms with Gasteiger partial charge in [0.05, 0.1) is 0 Å². The van der Waals surface area contributed by atoms with E-state index in [0.717, 1.165) is 19.5 Å². The van der Waals surface area contributed by atoms with E-state index >= 15 is 0 Å². The Labute approximate surface area is 86.7 Å². The number of likely N-dealkylation sites (N-methyl/N-ethyl adjacent to an activating group) is 1. The van der Waals surface area contributed by atoms with E-state index in [-0.39, 0.29) is 0 Å². The Hall–Kier alpha value is -0.860. The second-order valence-corrected chi connectivity index (χ2v) is 3.62. The Morgan fingerprint density at radius 2 is 1.86 bits per heavy atom. The molecule has 0 aliphatic heterocycles. The minimum absolute atomic E-state index is 0.645. The number of benzene rings is 1. The molecule has 2 nitrogen and oxygen atoms in total. The van der Waals surface area contributed by atoms with Crippen LogP contribution in [0.25, 0.3) is 0 Å². The highest BCUT2D eigenvalue weighted by atomic mass is 15.1. The van der Waals surface area contributed by atoms with Gasteiger partial charge in [-0.2, -0.15) is 0 Å². The van der Waals surface area contributed by atoms with Gasteiger partial charge in [0.15, 0.2) is 0 Å². The molecule has 0 radical (unpaired) electrons. The summed E-state index contributed by atoms with van der Waals surface area (Å²) in [4.78, 5) is 2.31. The molecule has 1 aromatic carbocycles. The van der Waals surface area contributed by atoms with Gasteiger partial charge in [0.25, 0.3) is 0 Å². The highest BCUT2D eigenvalue weighted by molar-refractivity contribution is 5.27. The summed E-state index contributed by atoms with van der Waals surface area (Å²) in [6.07, 6.45) is 1.09. The molecule has 0 bridgehead atoms. The van der Waals surface area contributed by atoms with Crippen molar-refractivity contribution in [2.75, 3.05) is 20.1 Å². The summed E-state index contributed by atoms with van der Waals surface area (Å²) in [5, 5.41) is 0. The van der Waals surface area contributed by atoms with Crippen molar-refractivity contribution in [3.63, 3.8) is 0 Å². The Bertz CT molecular complexity index is 271. The zero-order valence-corrected chi connectivity index (χ0v) is 9.16. The lowest BCUT2D eigenvalue weighted by Crippen LogP contribution is -2.21. The van der Waals surface area contributed by atoms with Crippen LogP contribution in [0.4, 0.5) is 0 Å². The molecule has 0 unspecified atom stereocenters. The molecule has 0 aromatic heterocycles. The highest BCUT2D eigenvalue weighted by Crippen LogP contribution is 2.08. The summed E-state index contributed by atoms with van der Waals surface area (Å²) in [6.45, 7) is 5.03. The third kappa shape index (κ3) is 3.13. The molecule has 2 N–H and O–H groups in total. The molecule has 0 heterocycles. The monoisotopic (exact) mass is 192 g/mol. The largest absolute Gasteiger partial charge is 0.326 e. The highest BCUT2D eigenvalue weighted by Gasteiger charge is 2.01. The average molecular weight is 192 g/mol. The van der Waals surface area contributed by atoms with Gasteiger partial charge in [-0.05, 0) is 31.1 Å². The molecule has 0 saturated heterocycles. The van der Waals surface area contributed by atoms with E-state index in [4.69, 9.17) is 5.73 Å². The fourth-order valence-electron chi connectivity index (χ4n) is 1.47. The van der Waals surface area contributed by atoms with Crippen molar-refractivity contribution in [1.82, 2.24) is 4.90 Å². The Balaban J connectivity index is 2.57. The van der Waals surface area contributed by atoms with Crippen molar-refractivity contribution in [2.24, 2.45) is 5.73 Å². The van der Waals surface area contributed by atoms with E-state index < -0.39 is 0 Å². The van der Waals surface area contributed by atoms with Gasteiger partial charge >= 0.3 is 0 Å². The van der Waals surface area contributed by atoms with Crippen molar-refractivity contribution in [3.8, 4) is 0 Å². The maximum atomic E-state index is 5.68. The summed E-state index contributed by atoms with van der Waals surface area (Å²) in [5.74, 6) is 0. The van der Waals surface area contributed by atoms with Crippen LogP contribution >= 0.6 is 0 Å². The molecule has 1 aromatic rings. The maximum absolute atomic E-state index is 5.68. The van der Waals surface area contributed by atoms with Crippen LogP contribution in [0.3, 0.4) is 0 Å². The molecule has 0 fully saturated rings. The minimum Gasteiger partial charge on any atom is -0.326 e. The summed E-state index contributed by atoms with van der Waals surface area (Å²) in [7, 11) is 2.14. The first-order valence-corrected chi connectivity index (χ1v) is 5.23. The predicted molar refractivity (Wildman–Crippen MR) is 61.2 cm³/mol. The van der Waals surface area contributed by atoms with Crippen LogP contribution < -0.4 is 5.73 Å². The van der Waals surface area contributed by atoms with Gasteiger partial charge < -0.3 is 10.6 Å². The van der Waals surface area contributed by atoms with Crippen LogP contribution in [-0.2, 0) is 13.0 Å². The van der Waals surface area contributed by atoms with Gasteiger partial charge in [0.2, 0.25) is 0 Å². The standard InChI is InChI=1S/C12H20N2/c1-3-14(2)9-8-11-6-4-5-7-12(11)10-13/h4-7H,3,8-10,13H2,1-2H3. The lowest BCUT2D eigenvalue weighted by atomic mass is 10.0. The molecule has 2 heteroatoms. The molecule has 1 rings (SSSR count). The van der Waals surface area contributed by atoms with Crippen LogP contribution in [0.15, 0.2) is 24.3 Å². The summed E-state index contributed by atoms with van der Waals surface area (Å²) in [5.41, 5.74) is 8.34. The average Bonchev–Trinajstić information content (AvgIpc) is 2.26. The van der Waals surface area contributed by atoms with Gasteiger partial charge in [-0.15, -0.1) is 0 Å². The number of nitrogens with zero attached hydrogens (tertiary/aromatic N) is 1. The zero-order chi connectivity index (χ0) is 10.4. The molecule has 78 valence electrons. The molecule has 0 saturated carbocycles. The number of hydrogen-bond acceptors (Lipinski definition) is 2. The summed E-state index contributed by atoms with van der Waals surface area (Å²) < 4.78 is 0. The lowest BCUT2D eigenvalue weighted by molar-refractivity contribution is 0.357. The molecule has 0 atom stereocenters. The van der Waals surface area contributed by atoms with E-state index in [1.807, 2.05) is 0 Å². The van der Waals surface area contributed by atoms with Crippen molar-refractivity contribution < 1.29 is 0 Å². The quantitative estimate of drug-likeness (QED) is 0.768. The molecule has 14 heavy (non-hydrogen) atoms. The van der Waals surface area contributed by atoms with Gasteiger partial charge in [0.1, 0.15) is 0 Å². The van der Waals surface area contributed by atoms with Crippen LogP contribution in [0, 0.1) is 0 Å². The first-order valence-electron chi connectivity index (χ1n) is 5.23. The Kier molecular flexibility index (Phi) is 4.63. The number of rotatable bonds is 5. The number of nitrogens with two attached hydrogens (primary N) is 1. The third-order valence-corrected chi connectivity index (χ3v) is 2.64. The van der Waals surface area contributed by atoms with Crippen molar-refractivity contribution in [2.45, 2.75) is 19.9 Å². The molecule has 0 aliphatic carbocycles. The smallest absolute Gasteiger partial charge is 0.0180 e. The van der Waals surface area contributed by atoms with Crippen LogP contribution in [0.5, 0.6) is 0 Å². The van der Waals surface area contributed by atoms with Crippen molar-refractivity contribution in [3.05, 3.63) is 35.4 Å². The fraction of sp³-hybridized carbons (Fsp3) is 0.500. The normalized spacial score (nSPS) is 10.9. The third-order valence-electron chi connectivity index (χ3n) is 2.64. The van der Waals surface area contributed by atoms with Crippen LogP contribution in [0.1, 0.15) is 18.1 Å². The second-order valence-electron chi connectivity index (χ2n) is 3.62. The van der Waals surface area contributed by atoms with Crippen molar-refractivity contribution >= 4 is 0 Å². The summed E-state index contributed by atoms with van der Waals surface area (Å²) in [6, 6.07) is 8.42. The Morgan fingerprint density at radius 3 is 2.43 bits per heavy atom. The Morgan fingerprint density at radius 1 is 1.21 bits per heavy atom. The van der Waals surface area contributed by atoms with Crippen LogP contribution in [0.2, 0.25) is 0 Å². The van der Waals surface area contributed by atoms with E-state index in [1.165, 1.54) is 11.1 Å². The lowest BCUT2D eigenvalue weighted by Gasteiger charge is -2.14. The number of hydrogen-bond donors (Lipinski definition) is 1. The SMILES string of the molecule is CCN(C)CCc1ccccc1CN. The van der Waals surface area contributed by atoms with Gasteiger partial charge in [0, 0.05) is 13.1 Å². The van der Waals surface area contributed by atoms with Gasteiger partial charge in [-0.25, -0.2) is 0 Å². The van der Waals surface area contributed by atoms with E-state index in [9.17, 15) is 0 Å². The van der Waals surface area contributed by atoms with E-state index in [1.54, 1.807) is 0 Å². The van der Waals surface area contributed by atoms with Crippen LogP contribution in [-0.4, -0.2) is 25.0 Å². The second kappa shape index (κ2) is 5.78. The minimum atomic E-state index is 0.645. The van der Waals surface area contributed by atoms with Crippen molar-refractivity contribution in [1.29, 1.82) is 0 Å². The topological polar surface area (TPSA) is 29.3 Å². The molecule has 0 aliphatic rings. The molecule has 0 amide bonds. The summed E-state index contributed by atoms with van der Waals surface area (Å²) >= 11 is 0. The van der Waals surface area contributed by atoms with E-state index in [0.29, 0.717) is 6.54 Å². The predicted octanol–water partition coefficient (Wildman–Crippen LogP) is 1.64. The first kappa shape index (κ1) is 11.2.